The number of benzene rings is 1. The minimum atomic E-state index is -0.327. The van der Waals surface area contributed by atoms with Crippen LogP contribution in [0.5, 0.6) is 0 Å². The number of aryl methyl sites for hydroxylation is 1. The van der Waals surface area contributed by atoms with Gasteiger partial charge in [0.15, 0.2) is 0 Å². The van der Waals surface area contributed by atoms with Crippen LogP contribution < -0.4 is 4.90 Å². The molecule has 112 valence electrons. The van der Waals surface area contributed by atoms with Gasteiger partial charge in [-0.25, -0.2) is 4.90 Å². The molecule has 0 bridgehead atoms. The lowest BCUT2D eigenvalue weighted by Crippen LogP contribution is -2.47. The minimum Gasteiger partial charge on any atom is -0.379 e. The van der Waals surface area contributed by atoms with Crippen LogP contribution in [0.1, 0.15) is 18.9 Å². The zero-order chi connectivity index (χ0) is 14.8. The van der Waals surface area contributed by atoms with E-state index in [-0.39, 0.29) is 24.3 Å². The molecule has 0 aliphatic carbocycles. The van der Waals surface area contributed by atoms with Crippen LogP contribution in [-0.4, -0.2) is 49.1 Å². The van der Waals surface area contributed by atoms with Crippen molar-refractivity contribution in [3.05, 3.63) is 29.8 Å². The molecule has 21 heavy (non-hydrogen) atoms. The smallest absolute Gasteiger partial charge is 0.251 e. The van der Waals surface area contributed by atoms with Crippen LogP contribution in [0.15, 0.2) is 24.3 Å². The van der Waals surface area contributed by atoms with Gasteiger partial charge in [-0.1, -0.05) is 25.1 Å². The number of ether oxygens (including phenoxy) is 1. The van der Waals surface area contributed by atoms with Crippen molar-refractivity contribution in [2.75, 3.05) is 31.2 Å². The maximum atomic E-state index is 12.7. The molecule has 0 radical (unpaired) electrons. The third-order valence-electron chi connectivity index (χ3n) is 4.22. The monoisotopic (exact) mass is 288 g/mol. The molecule has 1 aromatic carbocycles. The Bertz CT molecular complexity index is 552. The van der Waals surface area contributed by atoms with Gasteiger partial charge >= 0.3 is 0 Å². The Morgan fingerprint density at radius 3 is 2.62 bits per heavy atom. The molecule has 1 unspecified atom stereocenters. The number of nitrogens with zero attached hydrogens (tertiary/aromatic N) is 2. The molecule has 2 fully saturated rings. The first-order chi connectivity index (χ1) is 10.2. The van der Waals surface area contributed by atoms with Crippen LogP contribution in [0, 0.1) is 0 Å². The molecule has 0 saturated carbocycles. The summed E-state index contributed by atoms with van der Waals surface area (Å²) in [7, 11) is 0. The molecular formula is C16H20N2O3. The van der Waals surface area contributed by atoms with Crippen molar-refractivity contribution in [1.82, 2.24) is 4.90 Å². The number of morpholine rings is 1. The quantitative estimate of drug-likeness (QED) is 0.785. The van der Waals surface area contributed by atoms with E-state index in [1.165, 1.54) is 4.90 Å². The molecule has 5 heteroatoms. The minimum absolute atomic E-state index is 0.0946. The Morgan fingerprint density at radius 1 is 1.19 bits per heavy atom. The number of hydrogen-bond donors (Lipinski definition) is 0. The second kappa shape index (κ2) is 5.95. The molecule has 3 rings (SSSR count). The second-order valence-corrected chi connectivity index (χ2v) is 5.42. The van der Waals surface area contributed by atoms with E-state index in [0.29, 0.717) is 26.3 Å². The van der Waals surface area contributed by atoms with Crippen molar-refractivity contribution >= 4 is 17.5 Å². The predicted octanol–water partition coefficient (Wildman–Crippen LogP) is 1.21. The molecule has 2 aliphatic rings. The first-order valence-electron chi connectivity index (χ1n) is 7.49. The fourth-order valence-electron chi connectivity index (χ4n) is 3.07. The van der Waals surface area contributed by atoms with E-state index in [4.69, 9.17) is 4.74 Å². The van der Waals surface area contributed by atoms with Gasteiger partial charge in [-0.05, 0) is 18.1 Å². The van der Waals surface area contributed by atoms with Gasteiger partial charge in [0, 0.05) is 13.1 Å². The zero-order valence-electron chi connectivity index (χ0n) is 12.2. The first kappa shape index (κ1) is 14.2. The van der Waals surface area contributed by atoms with Gasteiger partial charge in [0.05, 0.1) is 31.4 Å². The van der Waals surface area contributed by atoms with E-state index in [0.717, 1.165) is 17.7 Å². The van der Waals surface area contributed by atoms with Crippen molar-refractivity contribution < 1.29 is 14.3 Å². The Labute approximate surface area is 124 Å². The molecule has 2 saturated heterocycles. The van der Waals surface area contributed by atoms with E-state index in [9.17, 15) is 9.59 Å². The highest BCUT2D eigenvalue weighted by atomic mass is 16.5. The molecule has 0 aromatic heterocycles. The lowest BCUT2D eigenvalue weighted by atomic mass is 10.1. The molecule has 1 atom stereocenters. The number of carbonyl (C=O) groups excluding carboxylic acids is 2. The largest absolute Gasteiger partial charge is 0.379 e. The number of imide groups is 1. The Hall–Kier alpha value is -1.72. The van der Waals surface area contributed by atoms with Crippen LogP contribution >= 0.6 is 0 Å². The normalized spacial score (nSPS) is 23.9. The molecule has 0 spiro atoms. The number of hydrogen-bond acceptors (Lipinski definition) is 4. The van der Waals surface area contributed by atoms with Gasteiger partial charge in [-0.15, -0.1) is 0 Å². The molecule has 1 aromatic rings. The summed E-state index contributed by atoms with van der Waals surface area (Å²) in [4.78, 5) is 28.5. The molecule has 2 aliphatic heterocycles. The van der Waals surface area contributed by atoms with Crippen molar-refractivity contribution in [2.24, 2.45) is 0 Å². The fourth-order valence-corrected chi connectivity index (χ4v) is 3.07. The van der Waals surface area contributed by atoms with Gasteiger partial charge in [-0.2, -0.15) is 0 Å². The highest BCUT2D eigenvalue weighted by Gasteiger charge is 2.43. The summed E-state index contributed by atoms with van der Waals surface area (Å²) < 4.78 is 5.32. The Balaban J connectivity index is 1.86. The Kier molecular flexibility index (Phi) is 4.03. The van der Waals surface area contributed by atoms with E-state index in [1.807, 2.05) is 31.2 Å². The van der Waals surface area contributed by atoms with Gasteiger partial charge in [0.25, 0.3) is 5.91 Å². The topological polar surface area (TPSA) is 49.9 Å². The molecule has 0 N–H and O–H groups in total. The summed E-state index contributed by atoms with van der Waals surface area (Å²) in [6, 6.07) is 7.31. The predicted molar refractivity (Wildman–Crippen MR) is 79.1 cm³/mol. The first-order valence-corrected chi connectivity index (χ1v) is 7.49. The van der Waals surface area contributed by atoms with Crippen LogP contribution in [0.2, 0.25) is 0 Å². The number of anilines is 1. The third-order valence-corrected chi connectivity index (χ3v) is 4.22. The van der Waals surface area contributed by atoms with Crippen molar-refractivity contribution in [1.29, 1.82) is 0 Å². The van der Waals surface area contributed by atoms with Crippen molar-refractivity contribution in [3.8, 4) is 0 Å². The average molecular weight is 288 g/mol. The number of rotatable bonds is 3. The summed E-state index contributed by atoms with van der Waals surface area (Å²) in [5, 5.41) is 0. The molecule has 2 amide bonds. The lowest BCUT2D eigenvalue weighted by molar-refractivity contribution is -0.123. The maximum Gasteiger partial charge on any atom is 0.251 e. The summed E-state index contributed by atoms with van der Waals surface area (Å²) in [5.74, 6) is -0.194. The molecule has 2 heterocycles. The SMILES string of the molecule is CCc1ccccc1N1C(=O)CC(N2CCOCC2)C1=O. The second-order valence-electron chi connectivity index (χ2n) is 5.42. The number of carbonyl (C=O) groups is 2. The fraction of sp³-hybridized carbons (Fsp3) is 0.500. The molecular weight excluding hydrogens is 268 g/mol. The maximum absolute atomic E-state index is 12.7. The van der Waals surface area contributed by atoms with Crippen LogP contribution in [0.3, 0.4) is 0 Å². The Morgan fingerprint density at radius 2 is 1.90 bits per heavy atom. The van der Waals surface area contributed by atoms with Crippen molar-refractivity contribution in [2.45, 2.75) is 25.8 Å². The highest BCUT2D eigenvalue weighted by Crippen LogP contribution is 2.29. The summed E-state index contributed by atoms with van der Waals surface area (Å²) in [5.41, 5.74) is 1.77. The van der Waals surface area contributed by atoms with E-state index >= 15 is 0 Å². The van der Waals surface area contributed by atoms with Crippen molar-refractivity contribution in [3.63, 3.8) is 0 Å². The van der Waals surface area contributed by atoms with Crippen LogP contribution in [0.25, 0.3) is 0 Å². The average Bonchev–Trinajstić information content (AvgIpc) is 2.83. The summed E-state index contributed by atoms with van der Waals surface area (Å²) in [6.45, 7) is 4.72. The van der Waals surface area contributed by atoms with Gasteiger partial charge in [-0.3, -0.25) is 14.5 Å². The van der Waals surface area contributed by atoms with E-state index in [1.54, 1.807) is 0 Å². The molecule has 5 nitrogen and oxygen atoms in total. The zero-order valence-corrected chi connectivity index (χ0v) is 12.2. The highest BCUT2D eigenvalue weighted by molar-refractivity contribution is 6.22. The number of amides is 2. The van der Waals surface area contributed by atoms with Gasteiger partial charge < -0.3 is 4.74 Å². The standard InChI is InChI=1S/C16H20N2O3/c1-2-12-5-3-4-6-13(12)18-15(19)11-14(16(18)20)17-7-9-21-10-8-17/h3-6,14H,2,7-11H2,1H3. The van der Waals surface area contributed by atoms with Gasteiger partial charge in [0.2, 0.25) is 5.91 Å². The lowest BCUT2D eigenvalue weighted by Gasteiger charge is -2.30. The summed E-state index contributed by atoms with van der Waals surface area (Å²) >= 11 is 0. The van der Waals surface area contributed by atoms with Crippen LogP contribution in [0.4, 0.5) is 5.69 Å². The van der Waals surface area contributed by atoms with E-state index < -0.39 is 0 Å². The number of para-hydroxylation sites is 1. The van der Waals surface area contributed by atoms with E-state index in [2.05, 4.69) is 4.90 Å². The van der Waals surface area contributed by atoms with Crippen LogP contribution in [-0.2, 0) is 20.7 Å². The van der Waals surface area contributed by atoms with Gasteiger partial charge in [0.1, 0.15) is 0 Å². The third kappa shape index (κ3) is 2.59. The summed E-state index contributed by atoms with van der Waals surface area (Å²) in [6.07, 6.45) is 1.08.